The second-order valence-corrected chi connectivity index (χ2v) is 7.38. The highest BCUT2D eigenvalue weighted by Crippen LogP contribution is 2.25. The molecule has 2 rings (SSSR count). The molecular formula is C22H25NO4. The van der Waals surface area contributed by atoms with Crippen LogP contribution in [0.2, 0.25) is 0 Å². The van der Waals surface area contributed by atoms with Crippen molar-refractivity contribution in [2.24, 2.45) is 0 Å². The van der Waals surface area contributed by atoms with Crippen LogP contribution in [0.5, 0.6) is 0 Å². The summed E-state index contributed by atoms with van der Waals surface area (Å²) in [6, 6.07) is 14.8. The fraction of sp³-hybridized carbons (Fsp3) is 0.318. The van der Waals surface area contributed by atoms with Crippen LogP contribution >= 0.6 is 0 Å². The van der Waals surface area contributed by atoms with Gasteiger partial charge in [-0.25, -0.2) is 4.79 Å². The Kier molecular flexibility index (Phi) is 6.16. The number of hydrogen-bond donors (Lipinski definition) is 0. The molecule has 0 aliphatic heterocycles. The van der Waals surface area contributed by atoms with E-state index in [1.54, 1.807) is 89.3 Å². The molecule has 2 aromatic rings. The fourth-order valence-corrected chi connectivity index (χ4v) is 2.61. The number of ketones is 2. The van der Waals surface area contributed by atoms with Gasteiger partial charge in [0.15, 0.2) is 0 Å². The molecule has 5 heteroatoms. The Hall–Kier alpha value is -2.95. The van der Waals surface area contributed by atoms with Crippen LogP contribution in [-0.2, 0) is 4.74 Å². The summed E-state index contributed by atoms with van der Waals surface area (Å²) < 4.78 is 5.39. The van der Waals surface area contributed by atoms with Gasteiger partial charge in [-0.2, -0.15) is 0 Å². The molecule has 1 amide bonds. The van der Waals surface area contributed by atoms with Crippen LogP contribution in [0.1, 0.15) is 60.0 Å². The van der Waals surface area contributed by atoms with Crippen molar-refractivity contribution >= 4 is 17.7 Å². The van der Waals surface area contributed by atoms with E-state index in [1.807, 2.05) is 0 Å². The van der Waals surface area contributed by atoms with Crippen LogP contribution in [0, 0.1) is 0 Å². The zero-order chi connectivity index (χ0) is 20.2. The number of carbonyl (C=O) groups excluding carboxylic acids is 3. The van der Waals surface area contributed by atoms with Crippen molar-refractivity contribution < 1.29 is 19.1 Å². The van der Waals surface area contributed by atoms with Gasteiger partial charge in [0.1, 0.15) is 5.60 Å². The monoisotopic (exact) mass is 367 g/mol. The maximum atomic E-state index is 12.8. The molecule has 0 fully saturated rings. The summed E-state index contributed by atoms with van der Waals surface area (Å²) in [5.41, 5.74) is 0.601. The summed E-state index contributed by atoms with van der Waals surface area (Å²) >= 11 is 0. The van der Waals surface area contributed by atoms with Gasteiger partial charge in [-0.1, -0.05) is 54.6 Å². The van der Waals surface area contributed by atoms with E-state index >= 15 is 0 Å². The number of Topliss-reactive ketones (excluding diaryl/α,β-unsaturated/α-hetero) is 2. The maximum absolute atomic E-state index is 12.8. The van der Waals surface area contributed by atoms with E-state index in [9.17, 15) is 14.4 Å². The van der Waals surface area contributed by atoms with Gasteiger partial charge in [0.25, 0.3) is 0 Å². The minimum Gasteiger partial charge on any atom is -0.444 e. The molecule has 142 valence electrons. The summed E-state index contributed by atoms with van der Waals surface area (Å²) in [6.07, 6.45) is -0.494. The van der Waals surface area contributed by atoms with E-state index in [-0.39, 0.29) is 5.56 Å². The van der Waals surface area contributed by atoms with Gasteiger partial charge >= 0.3 is 6.09 Å². The second-order valence-electron chi connectivity index (χ2n) is 7.38. The first-order chi connectivity index (χ1) is 12.6. The van der Waals surface area contributed by atoms with E-state index in [4.69, 9.17) is 4.74 Å². The molecule has 0 aliphatic carbocycles. The van der Waals surface area contributed by atoms with Gasteiger partial charge in [-0.15, -0.1) is 0 Å². The Bertz CT molecular complexity index is 837. The summed E-state index contributed by atoms with van der Waals surface area (Å²) in [5.74, 6) is -1.17. The maximum Gasteiger partial charge on any atom is 0.410 e. The molecule has 0 radical (unpaired) electrons. The Balaban J connectivity index is 2.30. The molecular weight excluding hydrogens is 342 g/mol. The van der Waals surface area contributed by atoms with Crippen molar-refractivity contribution in [1.29, 1.82) is 0 Å². The zero-order valence-electron chi connectivity index (χ0n) is 16.4. The number of amides is 1. The third-order valence-corrected chi connectivity index (χ3v) is 4.16. The molecule has 2 aromatic carbocycles. The molecule has 0 aromatic heterocycles. The van der Waals surface area contributed by atoms with Crippen LogP contribution < -0.4 is 0 Å². The number of ether oxygens (including phenoxy) is 1. The normalized spacial score (nSPS) is 12.2. The van der Waals surface area contributed by atoms with Gasteiger partial charge in [-0.05, 0) is 33.3 Å². The van der Waals surface area contributed by atoms with E-state index in [0.717, 1.165) is 0 Å². The van der Waals surface area contributed by atoms with Gasteiger partial charge in [0, 0.05) is 18.2 Å². The number of carbonyl (C=O) groups is 3. The Morgan fingerprint density at radius 3 is 2.04 bits per heavy atom. The largest absolute Gasteiger partial charge is 0.444 e. The van der Waals surface area contributed by atoms with E-state index < -0.39 is 29.3 Å². The lowest BCUT2D eigenvalue weighted by Gasteiger charge is -2.29. The predicted octanol–water partition coefficient (Wildman–Crippen LogP) is 4.68. The lowest BCUT2D eigenvalue weighted by molar-refractivity contribution is 0.0233. The topological polar surface area (TPSA) is 63.7 Å². The summed E-state index contributed by atoms with van der Waals surface area (Å²) in [6.45, 7) is 7.17. The van der Waals surface area contributed by atoms with Gasteiger partial charge in [-0.3, -0.25) is 9.59 Å². The third kappa shape index (κ3) is 5.03. The van der Waals surface area contributed by atoms with Gasteiger partial charge < -0.3 is 9.64 Å². The summed E-state index contributed by atoms with van der Waals surface area (Å²) in [7, 11) is 1.61. The summed E-state index contributed by atoms with van der Waals surface area (Å²) in [5, 5.41) is 0. The van der Waals surface area contributed by atoms with Crippen molar-refractivity contribution in [3.05, 3.63) is 71.3 Å². The Labute approximate surface area is 159 Å². The standard InChI is InChI=1S/C22H25NO4/c1-15(23(5)21(26)27-22(2,3)4)17-13-9-10-14-18(17)20(25)19(24)16-11-7-6-8-12-16/h6-15H,1-5H3. The molecule has 0 spiro atoms. The van der Waals surface area contributed by atoms with Crippen molar-refractivity contribution in [3.8, 4) is 0 Å². The molecule has 0 saturated carbocycles. The van der Waals surface area contributed by atoms with Crippen LogP contribution in [0.25, 0.3) is 0 Å². The first kappa shape index (κ1) is 20.4. The lowest BCUT2D eigenvalue weighted by atomic mass is 9.94. The molecule has 27 heavy (non-hydrogen) atoms. The van der Waals surface area contributed by atoms with E-state index in [0.29, 0.717) is 11.1 Å². The van der Waals surface area contributed by atoms with Gasteiger partial charge in [0.2, 0.25) is 11.6 Å². The minimum atomic E-state index is -0.621. The molecule has 0 N–H and O–H groups in total. The van der Waals surface area contributed by atoms with Crippen LogP contribution in [-0.4, -0.2) is 35.2 Å². The Morgan fingerprint density at radius 1 is 0.889 bits per heavy atom. The van der Waals surface area contributed by atoms with Crippen molar-refractivity contribution in [1.82, 2.24) is 4.90 Å². The molecule has 0 heterocycles. The highest BCUT2D eigenvalue weighted by Gasteiger charge is 2.28. The van der Waals surface area contributed by atoms with E-state index in [2.05, 4.69) is 0 Å². The molecule has 1 unspecified atom stereocenters. The quantitative estimate of drug-likeness (QED) is 0.568. The lowest BCUT2D eigenvalue weighted by Crippen LogP contribution is -2.36. The number of hydrogen-bond acceptors (Lipinski definition) is 4. The highest BCUT2D eigenvalue weighted by atomic mass is 16.6. The highest BCUT2D eigenvalue weighted by molar-refractivity contribution is 6.49. The molecule has 0 aliphatic rings. The first-order valence-electron chi connectivity index (χ1n) is 8.80. The van der Waals surface area contributed by atoms with Crippen molar-refractivity contribution in [2.75, 3.05) is 7.05 Å². The predicted molar refractivity (Wildman–Crippen MR) is 104 cm³/mol. The molecule has 0 bridgehead atoms. The number of nitrogens with zero attached hydrogens (tertiary/aromatic N) is 1. The fourth-order valence-electron chi connectivity index (χ4n) is 2.61. The van der Waals surface area contributed by atoms with Crippen LogP contribution in [0.15, 0.2) is 54.6 Å². The Morgan fingerprint density at radius 2 is 1.44 bits per heavy atom. The molecule has 0 saturated heterocycles. The van der Waals surface area contributed by atoms with Gasteiger partial charge in [0.05, 0.1) is 6.04 Å². The summed E-state index contributed by atoms with van der Waals surface area (Å²) in [4.78, 5) is 39.1. The van der Waals surface area contributed by atoms with E-state index in [1.165, 1.54) is 4.90 Å². The van der Waals surface area contributed by atoms with Crippen LogP contribution in [0.3, 0.4) is 0 Å². The average molecular weight is 367 g/mol. The van der Waals surface area contributed by atoms with Crippen molar-refractivity contribution in [2.45, 2.75) is 39.3 Å². The molecule has 1 atom stereocenters. The number of rotatable bonds is 5. The van der Waals surface area contributed by atoms with Crippen molar-refractivity contribution in [3.63, 3.8) is 0 Å². The minimum absolute atomic E-state index is 0.286. The first-order valence-corrected chi connectivity index (χ1v) is 8.80. The number of benzene rings is 2. The molecule has 5 nitrogen and oxygen atoms in total. The second kappa shape index (κ2) is 8.16. The zero-order valence-corrected chi connectivity index (χ0v) is 16.4. The smallest absolute Gasteiger partial charge is 0.410 e. The SMILES string of the molecule is CC(c1ccccc1C(=O)C(=O)c1ccccc1)N(C)C(=O)OC(C)(C)C. The van der Waals surface area contributed by atoms with Crippen LogP contribution in [0.4, 0.5) is 4.79 Å². The average Bonchev–Trinajstić information content (AvgIpc) is 2.65. The third-order valence-electron chi connectivity index (χ3n) is 4.16.